The number of aliphatic imine (C=N–C) groups is 1. The van der Waals surface area contributed by atoms with Gasteiger partial charge in [0.2, 0.25) is 5.89 Å². The Morgan fingerprint density at radius 2 is 1.88 bits per heavy atom. The highest BCUT2D eigenvalue weighted by molar-refractivity contribution is 14.0. The zero-order valence-corrected chi connectivity index (χ0v) is 18.3. The van der Waals surface area contributed by atoms with Crippen LogP contribution in [-0.4, -0.2) is 49.1 Å². The fourth-order valence-corrected chi connectivity index (χ4v) is 3.02. The van der Waals surface area contributed by atoms with E-state index in [0.29, 0.717) is 12.4 Å². The Labute approximate surface area is 169 Å². The van der Waals surface area contributed by atoms with Crippen LogP contribution < -0.4 is 10.6 Å². The third-order valence-corrected chi connectivity index (χ3v) is 4.60. The van der Waals surface area contributed by atoms with E-state index in [1.165, 1.54) is 58.2 Å². The first-order valence-electron chi connectivity index (χ1n) is 9.29. The lowest BCUT2D eigenvalue weighted by Gasteiger charge is -2.26. The predicted octanol–water partition coefficient (Wildman–Crippen LogP) is 3.23. The molecule has 0 saturated carbocycles. The van der Waals surface area contributed by atoms with E-state index >= 15 is 0 Å². The SMILES string of the molecule is CN=C(NCCCCCN1CCCCC1)NCc1nc(C)c(C)o1.I. The Balaban J connectivity index is 0.00000312. The highest BCUT2D eigenvalue weighted by Gasteiger charge is 2.09. The van der Waals surface area contributed by atoms with Gasteiger partial charge < -0.3 is 20.0 Å². The molecule has 1 aliphatic rings. The predicted molar refractivity (Wildman–Crippen MR) is 114 cm³/mol. The lowest BCUT2D eigenvalue weighted by molar-refractivity contribution is 0.224. The van der Waals surface area contributed by atoms with Crippen LogP contribution in [0.4, 0.5) is 0 Å². The molecular weight excluding hydrogens is 429 g/mol. The largest absolute Gasteiger partial charge is 0.444 e. The minimum absolute atomic E-state index is 0. The Hall–Kier alpha value is -0.830. The molecule has 2 N–H and O–H groups in total. The zero-order valence-electron chi connectivity index (χ0n) is 15.9. The van der Waals surface area contributed by atoms with Crippen molar-refractivity contribution < 1.29 is 4.42 Å². The van der Waals surface area contributed by atoms with Gasteiger partial charge in [0.15, 0.2) is 5.96 Å². The highest BCUT2D eigenvalue weighted by Crippen LogP contribution is 2.10. The maximum Gasteiger partial charge on any atom is 0.214 e. The van der Waals surface area contributed by atoms with E-state index in [1.54, 1.807) is 7.05 Å². The summed E-state index contributed by atoms with van der Waals surface area (Å²) >= 11 is 0. The van der Waals surface area contributed by atoms with Crippen LogP contribution in [0.2, 0.25) is 0 Å². The fraction of sp³-hybridized carbons (Fsp3) is 0.778. The second-order valence-corrected chi connectivity index (χ2v) is 6.56. The Morgan fingerprint density at radius 3 is 2.52 bits per heavy atom. The number of nitrogens with zero attached hydrogens (tertiary/aromatic N) is 3. The van der Waals surface area contributed by atoms with Crippen LogP contribution in [0.5, 0.6) is 0 Å². The van der Waals surface area contributed by atoms with Crippen LogP contribution >= 0.6 is 24.0 Å². The molecule has 2 heterocycles. The van der Waals surface area contributed by atoms with Gasteiger partial charge in [0.05, 0.1) is 12.2 Å². The molecule has 1 fully saturated rings. The molecule has 144 valence electrons. The molecule has 25 heavy (non-hydrogen) atoms. The van der Waals surface area contributed by atoms with Crippen molar-refractivity contribution in [3.63, 3.8) is 0 Å². The van der Waals surface area contributed by atoms with Gasteiger partial charge in [-0.2, -0.15) is 0 Å². The Kier molecular flexibility index (Phi) is 11.1. The van der Waals surface area contributed by atoms with Crippen LogP contribution in [0, 0.1) is 13.8 Å². The monoisotopic (exact) mass is 463 g/mol. The van der Waals surface area contributed by atoms with Gasteiger partial charge in [-0.1, -0.05) is 12.8 Å². The molecule has 1 aromatic rings. The number of halogens is 1. The maximum atomic E-state index is 5.56. The normalized spacial score (nSPS) is 15.7. The molecule has 1 aliphatic heterocycles. The van der Waals surface area contributed by atoms with Crippen molar-refractivity contribution >= 4 is 29.9 Å². The third kappa shape index (κ3) is 8.40. The number of rotatable bonds is 8. The summed E-state index contributed by atoms with van der Waals surface area (Å²) in [5.74, 6) is 2.39. The second kappa shape index (κ2) is 12.5. The van der Waals surface area contributed by atoms with Crippen molar-refractivity contribution in [2.24, 2.45) is 4.99 Å². The molecule has 0 amide bonds. The quantitative estimate of drug-likeness (QED) is 0.268. The topological polar surface area (TPSA) is 65.7 Å². The summed E-state index contributed by atoms with van der Waals surface area (Å²) < 4.78 is 5.56. The van der Waals surface area contributed by atoms with Gasteiger partial charge in [-0.15, -0.1) is 24.0 Å². The Bertz CT molecular complexity index is 492. The number of hydrogen-bond acceptors (Lipinski definition) is 4. The third-order valence-electron chi connectivity index (χ3n) is 4.60. The van der Waals surface area contributed by atoms with Crippen LogP contribution in [0.25, 0.3) is 0 Å². The van der Waals surface area contributed by atoms with E-state index in [-0.39, 0.29) is 24.0 Å². The highest BCUT2D eigenvalue weighted by atomic mass is 127. The van der Waals surface area contributed by atoms with E-state index in [4.69, 9.17) is 4.42 Å². The molecule has 0 aromatic carbocycles. The number of oxazole rings is 1. The van der Waals surface area contributed by atoms with E-state index in [9.17, 15) is 0 Å². The summed E-state index contributed by atoms with van der Waals surface area (Å²) in [6.07, 6.45) is 7.91. The van der Waals surface area contributed by atoms with E-state index in [2.05, 4.69) is 25.5 Å². The number of aromatic nitrogens is 1. The maximum absolute atomic E-state index is 5.56. The number of nitrogens with one attached hydrogen (secondary N) is 2. The van der Waals surface area contributed by atoms with Gasteiger partial charge in [0.25, 0.3) is 0 Å². The lowest BCUT2D eigenvalue weighted by atomic mass is 10.1. The van der Waals surface area contributed by atoms with E-state index < -0.39 is 0 Å². The van der Waals surface area contributed by atoms with Crippen molar-refractivity contribution in [3.8, 4) is 0 Å². The average Bonchev–Trinajstić information content (AvgIpc) is 2.92. The number of likely N-dealkylation sites (tertiary alicyclic amines) is 1. The molecule has 2 rings (SSSR count). The number of piperidine rings is 1. The summed E-state index contributed by atoms with van der Waals surface area (Å²) in [5, 5.41) is 6.60. The number of unbranched alkanes of at least 4 members (excludes halogenated alkanes) is 2. The van der Waals surface area contributed by atoms with Gasteiger partial charge >= 0.3 is 0 Å². The molecule has 0 atom stereocenters. The first-order valence-corrected chi connectivity index (χ1v) is 9.29. The number of aryl methyl sites for hydroxylation is 2. The van der Waals surface area contributed by atoms with Crippen molar-refractivity contribution in [2.45, 2.75) is 58.9 Å². The minimum atomic E-state index is 0. The summed E-state index contributed by atoms with van der Waals surface area (Å²) in [7, 11) is 1.79. The van der Waals surface area contributed by atoms with Crippen molar-refractivity contribution in [2.75, 3.05) is 33.2 Å². The summed E-state index contributed by atoms with van der Waals surface area (Å²) in [6, 6.07) is 0. The van der Waals surface area contributed by atoms with Gasteiger partial charge in [-0.3, -0.25) is 4.99 Å². The van der Waals surface area contributed by atoms with Gasteiger partial charge in [0.1, 0.15) is 5.76 Å². The summed E-state index contributed by atoms with van der Waals surface area (Å²) in [4.78, 5) is 11.2. The molecule has 0 radical (unpaired) electrons. The molecule has 6 nitrogen and oxygen atoms in total. The van der Waals surface area contributed by atoms with Crippen molar-refractivity contribution in [3.05, 3.63) is 17.3 Å². The summed E-state index contributed by atoms with van der Waals surface area (Å²) in [6.45, 7) is 9.26. The van der Waals surface area contributed by atoms with Crippen LogP contribution in [0.3, 0.4) is 0 Å². The molecule has 0 spiro atoms. The van der Waals surface area contributed by atoms with Gasteiger partial charge in [0, 0.05) is 13.6 Å². The Morgan fingerprint density at radius 1 is 1.12 bits per heavy atom. The average molecular weight is 463 g/mol. The van der Waals surface area contributed by atoms with Crippen molar-refractivity contribution in [1.82, 2.24) is 20.5 Å². The van der Waals surface area contributed by atoms with E-state index in [0.717, 1.165) is 24.0 Å². The molecule has 1 saturated heterocycles. The molecule has 0 bridgehead atoms. The van der Waals surface area contributed by atoms with Gasteiger partial charge in [-0.05, 0) is 59.2 Å². The lowest BCUT2D eigenvalue weighted by Crippen LogP contribution is -2.37. The molecule has 0 unspecified atom stereocenters. The number of guanidine groups is 1. The molecule has 7 heteroatoms. The van der Waals surface area contributed by atoms with Crippen LogP contribution in [0.1, 0.15) is 55.9 Å². The minimum Gasteiger partial charge on any atom is -0.444 e. The van der Waals surface area contributed by atoms with Crippen molar-refractivity contribution in [1.29, 1.82) is 0 Å². The molecular formula is C18H34IN5O. The first-order chi connectivity index (χ1) is 11.7. The smallest absolute Gasteiger partial charge is 0.214 e. The number of hydrogen-bond donors (Lipinski definition) is 2. The fourth-order valence-electron chi connectivity index (χ4n) is 3.02. The summed E-state index contributed by atoms with van der Waals surface area (Å²) in [5.41, 5.74) is 0.948. The molecule has 0 aliphatic carbocycles. The first kappa shape index (κ1) is 22.2. The van der Waals surface area contributed by atoms with Crippen LogP contribution in [-0.2, 0) is 6.54 Å². The zero-order chi connectivity index (χ0) is 17.2. The van der Waals surface area contributed by atoms with E-state index in [1.807, 2.05) is 13.8 Å². The second-order valence-electron chi connectivity index (χ2n) is 6.56. The van der Waals surface area contributed by atoms with Gasteiger partial charge in [-0.25, -0.2) is 4.98 Å². The van der Waals surface area contributed by atoms with Crippen LogP contribution in [0.15, 0.2) is 9.41 Å². The molecule has 1 aromatic heterocycles. The standard InChI is InChI=1S/C18H33N5O.HI/c1-15-16(2)24-17(22-15)14-21-18(19-3)20-10-6-4-7-11-23-12-8-5-9-13-23;/h4-14H2,1-3H3,(H2,19,20,21);1H.